The Kier molecular flexibility index (Phi) is 3.88. The van der Waals surface area contributed by atoms with E-state index in [1.165, 1.54) is 28.7 Å². The molecular weight excluding hydrogens is 377 g/mol. The predicted molar refractivity (Wildman–Crippen MR) is 85.5 cm³/mol. The van der Waals surface area contributed by atoms with E-state index < -0.39 is 5.97 Å². The molecule has 3 nitrogen and oxygen atoms in total. The Morgan fingerprint density at radius 3 is 2.71 bits per heavy atom. The number of thiophene rings is 1. The number of nitrogens with zero attached hydrogens (tertiary/aromatic N) is 1. The topological polar surface area (TPSA) is 50.2 Å². The molecule has 21 heavy (non-hydrogen) atoms. The lowest BCUT2D eigenvalue weighted by molar-refractivity contribution is 0.0697. The van der Waals surface area contributed by atoms with Crippen LogP contribution in [-0.4, -0.2) is 16.1 Å². The Bertz CT molecular complexity index is 828. The summed E-state index contributed by atoms with van der Waals surface area (Å²) in [5, 5.41) is 13.0. The molecule has 1 aromatic carbocycles. The lowest BCUT2D eigenvalue weighted by atomic mass is 10.2. The van der Waals surface area contributed by atoms with Crippen LogP contribution in [0.2, 0.25) is 0 Å². The van der Waals surface area contributed by atoms with Gasteiger partial charge >= 0.3 is 5.97 Å². The van der Waals surface area contributed by atoms with Gasteiger partial charge in [-0.15, -0.1) is 22.7 Å². The number of aromatic nitrogens is 1. The van der Waals surface area contributed by atoms with Crippen LogP contribution in [0.1, 0.15) is 10.4 Å². The highest BCUT2D eigenvalue weighted by Gasteiger charge is 2.12. The average Bonchev–Trinajstić information content (AvgIpc) is 3.09. The van der Waals surface area contributed by atoms with Crippen molar-refractivity contribution in [1.82, 2.24) is 4.98 Å². The largest absolute Gasteiger partial charge is 0.478 e. The molecule has 0 bridgehead atoms. The van der Waals surface area contributed by atoms with E-state index in [1.807, 2.05) is 5.38 Å². The third-order valence-electron chi connectivity index (χ3n) is 2.77. The van der Waals surface area contributed by atoms with Crippen molar-refractivity contribution in [1.29, 1.82) is 0 Å². The smallest absolute Gasteiger partial charge is 0.336 e. The van der Waals surface area contributed by atoms with Crippen LogP contribution >= 0.6 is 38.6 Å². The van der Waals surface area contributed by atoms with E-state index in [9.17, 15) is 9.18 Å². The number of hydrogen-bond acceptors (Lipinski definition) is 4. The van der Waals surface area contributed by atoms with Gasteiger partial charge in [-0.05, 0) is 34.1 Å². The lowest BCUT2D eigenvalue weighted by Gasteiger charge is -1.98. The van der Waals surface area contributed by atoms with Crippen LogP contribution in [0.5, 0.6) is 0 Å². The summed E-state index contributed by atoms with van der Waals surface area (Å²) in [6.45, 7) is 0. The maximum Gasteiger partial charge on any atom is 0.336 e. The molecule has 0 aliphatic carbocycles. The minimum atomic E-state index is -0.956. The number of carboxylic acid groups (broad SMARTS) is 1. The molecule has 2 heterocycles. The summed E-state index contributed by atoms with van der Waals surface area (Å²) in [6.07, 6.45) is 0. The second-order valence-corrected chi connectivity index (χ2v) is 6.80. The third kappa shape index (κ3) is 2.90. The fourth-order valence-corrected chi connectivity index (χ4v) is 3.71. The van der Waals surface area contributed by atoms with Gasteiger partial charge in [-0.1, -0.05) is 6.07 Å². The first-order valence-electron chi connectivity index (χ1n) is 5.78. The molecule has 3 aromatic rings. The van der Waals surface area contributed by atoms with Gasteiger partial charge in [0, 0.05) is 16.3 Å². The molecule has 0 aliphatic heterocycles. The summed E-state index contributed by atoms with van der Waals surface area (Å²) < 4.78 is 14.0. The highest BCUT2D eigenvalue weighted by molar-refractivity contribution is 9.10. The Hall–Kier alpha value is -1.57. The zero-order chi connectivity index (χ0) is 15.0. The normalized spacial score (nSPS) is 10.8. The zero-order valence-electron chi connectivity index (χ0n) is 10.3. The van der Waals surface area contributed by atoms with Crippen molar-refractivity contribution in [3.63, 3.8) is 0 Å². The van der Waals surface area contributed by atoms with E-state index in [0.717, 1.165) is 4.88 Å². The summed E-state index contributed by atoms with van der Waals surface area (Å²) >= 11 is 5.84. The van der Waals surface area contributed by atoms with Crippen molar-refractivity contribution < 1.29 is 14.3 Å². The highest BCUT2D eigenvalue weighted by Crippen LogP contribution is 2.33. The second-order valence-electron chi connectivity index (χ2n) is 4.17. The Morgan fingerprint density at radius 2 is 2.05 bits per heavy atom. The van der Waals surface area contributed by atoms with Gasteiger partial charge in [0.2, 0.25) is 0 Å². The fourth-order valence-electron chi connectivity index (χ4n) is 1.73. The van der Waals surface area contributed by atoms with Gasteiger partial charge in [-0.25, -0.2) is 14.2 Å². The maximum atomic E-state index is 13.6. The number of thiazole rings is 1. The molecule has 0 aliphatic rings. The quantitative estimate of drug-likeness (QED) is 0.681. The van der Waals surface area contributed by atoms with Gasteiger partial charge in [-0.3, -0.25) is 0 Å². The van der Waals surface area contributed by atoms with Crippen LogP contribution < -0.4 is 0 Å². The van der Waals surface area contributed by atoms with Gasteiger partial charge in [0.05, 0.1) is 20.6 Å². The number of carbonyl (C=O) groups is 1. The summed E-state index contributed by atoms with van der Waals surface area (Å²) in [5.41, 5.74) is 1.65. The summed E-state index contributed by atoms with van der Waals surface area (Å²) in [6, 6.07) is 6.43. The minimum Gasteiger partial charge on any atom is -0.478 e. The van der Waals surface area contributed by atoms with Gasteiger partial charge in [-0.2, -0.15) is 0 Å². The first-order chi connectivity index (χ1) is 10.0. The van der Waals surface area contributed by atoms with Crippen molar-refractivity contribution in [2.24, 2.45) is 0 Å². The van der Waals surface area contributed by atoms with E-state index >= 15 is 0 Å². The van der Waals surface area contributed by atoms with Crippen molar-refractivity contribution in [3.05, 3.63) is 50.9 Å². The number of aromatic carboxylic acids is 1. The molecule has 3 rings (SSSR count). The van der Waals surface area contributed by atoms with E-state index in [4.69, 9.17) is 5.11 Å². The number of benzene rings is 1. The fraction of sp³-hybridized carbons (Fsp3) is 0. The molecule has 0 radical (unpaired) electrons. The van der Waals surface area contributed by atoms with Crippen LogP contribution in [0, 0.1) is 5.82 Å². The molecule has 0 unspecified atom stereocenters. The van der Waals surface area contributed by atoms with E-state index in [0.29, 0.717) is 20.7 Å². The first kappa shape index (κ1) is 14.4. The molecule has 0 saturated carbocycles. The summed E-state index contributed by atoms with van der Waals surface area (Å²) in [4.78, 5) is 16.1. The van der Waals surface area contributed by atoms with Crippen LogP contribution in [0.4, 0.5) is 4.39 Å². The molecular formula is C14H7BrFNO2S2. The highest BCUT2D eigenvalue weighted by atomic mass is 79.9. The van der Waals surface area contributed by atoms with Crippen molar-refractivity contribution >= 4 is 44.6 Å². The van der Waals surface area contributed by atoms with Crippen LogP contribution in [0.25, 0.3) is 21.1 Å². The molecule has 1 N–H and O–H groups in total. The van der Waals surface area contributed by atoms with Gasteiger partial charge < -0.3 is 5.11 Å². The standard InChI is InChI=1S/C14H7BrFNO2S2/c15-9-2-1-7(3-10(9)16)13-17-11(6-21-13)12-4-8(5-20-12)14(18)19/h1-6H,(H,18,19). The van der Waals surface area contributed by atoms with Crippen molar-refractivity contribution in [2.45, 2.75) is 0 Å². The Balaban J connectivity index is 1.95. The molecule has 0 fully saturated rings. The number of halogens is 2. The first-order valence-corrected chi connectivity index (χ1v) is 8.33. The molecule has 106 valence electrons. The molecule has 0 atom stereocenters. The summed E-state index contributed by atoms with van der Waals surface area (Å²) in [5.74, 6) is -1.29. The van der Waals surface area contributed by atoms with Crippen LogP contribution in [0.3, 0.4) is 0 Å². The molecule has 7 heteroatoms. The Morgan fingerprint density at radius 1 is 1.24 bits per heavy atom. The lowest BCUT2D eigenvalue weighted by Crippen LogP contribution is -1.91. The number of carboxylic acids is 1. The minimum absolute atomic E-state index is 0.249. The Labute approximate surface area is 135 Å². The predicted octanol–water partition coefficient (Wildman–Crippen LogP) is 5.14. The molecule has 2 aromatic heterocycles. The maximum absolute atomic E-state index is 13.6. The number of hydrogen-bond donors (Lipinski definition) is 1. The van der Waals surface area contributed by atoms with Crippen molar-refractivity contribution in [3.8, 4) is 21.1 Å². The van der Waals surface area contributed by atoms with E-state index in [1.54, 1.807) is 23.6 Å². The van der Waals surface area contributed by atoms with E-state index in [2.05, 4.69) is 20.9 Å². The van der Waals surface area contributed by atoms with Crippen LogP contribution in [0.15, 0.2) is 39.5 Å². The average molecular weight is 384 g/mol. The zero-order valence-corrected chi connectivity index (χ0v) is 13.6. The monoisotopic (exact) mass is 383 g/mol. The second kappa shape index (κ2) is 5.67. The molecule has 0 amide bonds. The third-order valence-corrected chi connectivity index (χ3v) is 5.26. The molecule has 0 spiro atoms. The molecule has 0 saturated heterocycles. The van der Waals surface area contributed by atoms with Gasteiger partial charge in [0.15, 0.2) is 0 Å². The van der Waals surface area contributed by atoms with Gasteiger partial charge in [0.25, 0.3) is 0 Å². The van der Waals surface area contributed by atoms with Gasteiger partial charge in [0.1, 0.15) is 10.8 Å². The van der Waals surface area contributed by atoms with Crippen molar-refractivity contribution in [2.75, 3.05) is 0 Å². The number of rotatable bonds is 3. The van der Waals surface area contributed by atoms with E-state index in [-0.39, 0.29) is 11.4 Å². The SMILES string of the molecule is O=C(O)c1csc(-c2csc(-c3ccc(Br)c(F)c3)n2)c1. The summed E-state index contributed by atoms with van der Waals surface area (Å²) in [7, 11) is 0. The van der Waals surface area contributed by atoms with Crippen LogP contribution in [-0.2, 0) is 0 Å².